The minimum atomic E-state index is 0. The van der Waals surface area contributed by atoms with Crippen molar-refractivity contribution in [2.24, 2.45) is 0 Å². The Labute approximate surface area is 83.2 Å². The van der Waals surface area contributed by atoms with Crippen molar-refractivity contribution in [3.8, 4) is 0 Å². The van der Waals surface area contributed by atoms with Crippen LogP contribution in [0.4, 0.5) is 0 Å². The monoisotopic (exact) mass is 203 g/mol. The van der Waals surface area contributed by atoms with Crippen LogP contribution in [0.2, 0.25) is 0 Å². The van der Waals surface area contributed by atoms with Crippen LogP contribution in [-0.2, 0) is 35.1 Å². The summed E-state index contributed by atoms with van der Waals surface area (Å²) >= 11 is 2.76. The maximum atomic E-state index is 2.76. The van der Waals surface area contributed by atoms with Crippen LogP contribution in [0, 0.1) is 0 Å². The summed E-state index contributed by atoms with van der Waals surface area (Å²) in [4.78, 5) is 0. The first kappa shape index (κ1) is 25.3. The summed E-state index contributed by atoms with van der Waals surface area (Å²) in [7, 11) is 1.18. The molecule has 0 saturated heterocycles. The summed E-state index contributed by atoms with van der Waals surface area (Å²) < 4.78 is 0. The second-order valence-corrected chi connectivity index (χ2v) is 0. The predicted octanol–water partition coefficient (Wildman–Crippen LogP) is -3.29. The van der Waals surface area contributed by atoms with E-state index in [1.807, 2.05) is 0 Å². The van der Waals surface area contributed by atoms with Crippen LogP contribution in [0.5, 0.6) is 0 Å². The van der Waals surface area contributed by atoms with E-state index in [9.17, 15) is 0 Å². The van der Waals surface area contributed by atoms with E-state index in [4.69, 9.17) is 0 Å². The standard InChI is InChI=1S/Al.Cr.Mg.H3Si.Zn.5H/h;;;1H3;;;;;;. The van der Waals surface area contributed by atoms with Gasteiger partial charge >= 0.3 is 47.5 Å². The van der Waals surface area contributed by atoms with Gasteiger partial charge in [-0.25, -0.2) is 0 Å². The Balaban J connectivity index is -0.00000000167. The molecule has 0 aromatic rings. The van der Waals surface area contributed by atoms with E-state index in [1.54, 1.807) is 0 Å². The summed E-state index contributed by atoms with van der Waals surface area (Å²) in [5.41, 5.74) is 0. The average molecular weight is 205 g/mol. The third-order valence-corrected chi connectivity index (χ3v) is 0. The average Bonchev–Trinajstić information content (AvgIpc) is 1.00. The molecule has 0 aliphatic carbocycles. The van der Waals surface area contributed by atoms with Gasteiger partial charge in [-0.05, 0) is 0 Å². The molecular weight excluding hydrogens is 197 g/mol. The van der Waals surface area contributed by atoms with Gasteiger partial charge in [-0.15, -0.1) is 0 Å². The van der Waals surface area contributed by atoms with Crippen molar-refractivity contribution >= 4 is 49.2 Å². The van der Waals surface area contributed by atoms with Gasteiger partial charge in [0, 0.05) is 19.5 Å². The molecule has 0 bridgehead atoms. The summed E-state index contributed by atoms with van der Waals surface area (Å²) in [6.07, 6.45) is 0. The van der Waals surface area contributed by atoms with Gasteiger partial charge in [-0.1, -0.05) is 0 Å². The van der Waals surface area contributed by atoms with Crippen LogP contribution in [0.1, 0.15) is 0 Å². The van der Waals surface area contributed by atoms with E-state index in [-0.39, 0.29) is 59.9 Å². The van der Waals surface area contributed by atoms with Gasteiger partial charge in [0.2, 0.25) is 0 Å². The van der Waals surface area contributed by atoms with E-state index in [0.29, 0.717) is 0 Å². The van der Waals surface area contributed by atoms with Gasteiger partial charge in [0.15, 0.2) is 17.4 Å². The normalized spacial score (nSPS) is 1.60. The zero-order valence-electron chi connectivity index (χ0n) is 2.12. The molecule has 0 radical (unpaired) electrons. The van der Waals surface area contributed by atoms with Crippen LogP contribution in [0.15, 0.2) is 0 Å². The van der Waals surface area contributed by atoms with Crippen molar-refractivity contribution in [2.45, 2.75) is 0 Å². The molecule has 0 N–H and O–H groups in total. The van der Waals surface area contributed by atoms with Crippen molar-refractivity contribution < 1.29 is 35.1 Å². The largest absolute Gasteiger partial charge is 0 e. The zero-order valence-corrected chi connectivity index (χ0v) is 8.36. The van der Waals surface area contributed by atoms with Gasteiger partial charge in [0.1, 0.15) is 0 Å². The molecule has 0 aliphatic heterocycles. The summed E-state index contributed by atoms with van der Waals surface area (Å²) in [5, 5.41) is 0. The summed E-state index contributed by atoms with van der Waals surface area (Å²) in [5.74, 6) is 0. The molecule has 0 fully saturated rings. The fourth-order valence-electron chi connectivity index (χ4n) is 0. The smallest absolute Gasteiger partial charge is 0 e. The molecule has 0 spiro atoms. The summed E-state index contributed by atoms with van der Waals surface area (Å²) in [6, 6.07) is 0. The Morgan fingerprint density at radius 3 is 1.20 bits per heavy atom. The minimum absolute atomic E-state index is 0. The van der Waals surface area contributed by atoms with Crippen molar-refractivity contribution in [1.29, 1.82) is 0 Å². The Kier molecular flexibility index (Phi) is 152. The van der Waals surface area contributed by atoms with Crippen molar-refractivity contribution in [2.75, 3.05) is 0 Å². The van der Waals surface area contributed by atoms with E-state index in [1.165, 1.54) is 8.80 Å². The van der Waals surface area contributed by atoms with Crippen LogP contribution in [0.25, 0.3) is 0 Å². The minimum Gasteiger partial charge on any atom is 0 e. The third-order valence-electron chi connectivity index (χ3n) is 0. The molecule has 0 amide bonds. The molecule has 0 aromatic carbocycles. The van der Waals surface area contributed by atoms with Crippen LogP contribution < -0.4 is 0 Å². The molecule has 0 saturated carbocycles. The fraction of sp³-hybridized carbons (Fsp3) is 0. The van der Waals surface area contributed by atoms with Crippen molar-refractivity contribution in [1.82, 2.24) is 0 Å². The number of hydrogen-bond donors (Lipinski definition) is 0. The quantitative estimate of drug-likeness (QED) is 0.363. The molecular formula is H8AlCrMgSiZn. The predicted molar refractivity (Wildman–Crippen MR) is 28.4 cm³/mol. The molecule has 0 unspecified atom stereocenters. The molecule has 0 heterocycles. The van der Waals surface area contributed by atoms with Gasteiger partial charge in [0.05, 0.1) is 0 Å². The van der Waals surface area contributed by atoms with E-state index in [2.05, 4.69) is 15.6 Å². The number of rotatable bonds is 0. The van der Waals surface area contributed by atoms with Crippen LogP contribution in [0.3, 0.4) is 0 Å². The van der Waals surface area contributed by atoms with Gasteiger partial charge in [0.25, 0.3) is 0 Å². The first-order valence-corrected chi connectivity index (χ1v) is 5.05. The Morgan fingerprint density at radius 2 is 1.20 bits per heavy atom. The van der Waals surface area contributed by atoms with E-state index >= 15 is 0 Å². The molecule has 0 nitrogen and oxygen atoms in total. The van der Waals surface area contributed by atoms with E-state index < -0.39 is 0 Å². The second-order valence-electron chi connectivity index (χ2n) is 0. The molecule has 0 aliphatic rings. The van der Waals surface area contributed by atoms with Crippen LogP contribution in [-0.4, -0.2) is 49.2 Å². The SMILES string of the molecule is [AlH3].[MgH2].[SiH3][Cr].[Zn]. The fourth-order valence-corrected chi connectivity index (χ4v) is 0. The van der Waals surface area contributed by atoms with E-state index in [0.717, 1.165) is 0 Å². The molecule has 5 heavy (non-hydrogen) atoms. The molecule has 0 aromatic heterocycles. The first-order valence-electron chi connectivity index (χ1n) is 0.408. The summed E-state index contributed by atoms with van der Waals surface area (Å²) in [6.45, 7) is 0. The molecule has 5 heteroatoms. The molecule has 0 atom stereocenters. The first-order chi connectivity index (χ1) is 1.00. The van der Waals surface area contributed by atoms with Crippen molar-refractivity contribution in [3.05, 3.63) is 0 Å². The van der Waals surface area contributed by atoms with Crippen molar-refractivity contribution in [3.63, 3.8) is 0 Å². The molecule has 0 rings (SSSR count). The zero-order chi connectivity index (χ0) is 2.00. The van der Waals surface area contributed by atoms with Gasteiger partial charge in [-0.3, -0.25) is 0 Å². The molecule has 25 valence electrons. The maximum Gasteiger partial charge on any atom is 0 e. The van der Waals surface area contributed by atoms with Crippen LogP contribution >= 0.6 is 0 Å². The second kappa shape index (κ2) is 30.1. The maximum absolute atomic E-state index is 2.76. The Bertz CT molecular complexity index is 11.6. The Hall–Kier alpha value is 2.67. The Morgan fingerprint density at radius 1 is 1.20 bits per heavy atom. The topological polar surface area (TPSA) is 0 Å². The number of hydrogen-bond acceptors (Lipinski definition) is 0. The van der Waals surface area contributed by atoms with Gasteiger partial charge < -0.3 is 0 Å². The van der Waals surface area contributed by atoms with Gasteiger partial charge in [-0.2, -0.15) is 0 Å². The third kappa shape index (κ3) is 20.4.